The van der Waals surface area contributed by atoms with Gasteiger partial charge in [0.25, 0.3) is 0 Å². The zero-order valence-corrected chi connectivity index (χ0v) is 10.3. The lowest BCUT2D eigenvalue weighted by molar-refractivity contribution is 0.959. The van der Waals surface area contributed by atoms with Crippen LogP contribution in [-0.4, -0.2) is 26.0 Å². The first-order valence-electron chi connectivity index (χ1n) is 4.94. The van der Waals surface area contributed by atoms with Crippen LogP contribution in [0.4, 0.5) is 0 Å². The van der Waals surface area contributed by atoms with Gasteiger partial charge in [0.1, 0.15) is 17.2 Å². The number of aromatic nitrogens is 4. The summed E-state index contributed by atoms with van der Waals surface area (Å²) in [6.07, 6.45) is 1.43. The molecule has 0 saturated heterocycles. The topological polar surface area (TPSA) is 104 Å². The second kappa shape index (κ2) is 4.54. The van der Waals surface area contributed by atoms with E-state index in [1.165, 1.54) is 18.1 Å². The van der Waals surface area contributed by atoms with Gasteiger partial charge in [0.15, 0.2) is 5.16 Å². The number of aromatic amines is 1. The highest BCUT2D eigenvalue weighted by atomic mass is 32.2. The van der Waals surface area contributed by atoms with E-state index in [4.69, 9.17) is 11.1 Å². The lowest BCUT2D eigenvalue weighted by Crippen LogP contribution is -2.15. The largest absolute Gasteiger partial charge is 0.384 e. The summed E-state index contributed by atoms with van der Waals surface area (Å²) in [6, 6.07) is 1.90. The van der Waals surface area contributed by atoms with Crippen LogP contribution in [0.2, 0.25) is 0 Å². The summed E-state index contributed by atoms with van der Waals surface area (Å²) in [7, 11) is 0. The molecule has 6 nitrogen and oxygen atoms in total. The molecule has 4 N–H and O–H groups in total. The van der Waals surface area contributed by atoms with Crippen molar-refractivity contribution in [3.8, 4) is 0 Å². The van der Waals surface area contributed by atoms with Gasteiger partial charge in [0, 0.05) is 5.69 Å². The standard InChI is InChI=1S/C10H12N6S/c1-5-3-6(2)15-9(7(5)8(11)12)17-10-13-4-14-16-10/h3-4H,1-2H3,(H3,11,12)(H,13,14,16). The first-order chi connectivity index (χ1) is 8.08. The van der Waals surface area contributed by atoms with E-state index in [2.05, 4.69) is 20.2 Å². The lowest BCUT2D eigenvalue weighted by Gasteiger charge is -2.09. The van der Waals surface area contributed by atoms with E-state index in [-0.39, 0.29) is 5.84 Å². The normalized spacial score (nSPS) is 10.5. The number of nitrogens with one attached hydrogen (secondary N) is 2. The molecule has 0 aliphatic carbocycles. The van der Waals surface area contributed by atoms with Crippen LogP contribution in [-0.2, 0) is 0 Å². The Bertz CT molecular complexity index is 548. The summed E-state index contributed by atoms with van der Waals surface area (Å²) in [6.45, 7) is 3.82. The van der Waals surface area contributed by atoms with Gasteiger partial charge >= 0.3 is 0 Å². The Morgan fingerprint density at radius 2 is 2.24 bits per heavy atom. The molecule has 0 fully saturated rings. The lowest BCUT2D eigenvalue weighted by atomic mass is 10.1. The molecule has 2 rings (SSSR count). The van der Waals surface area contributed by atoms with Gasteiger partial charge in [-0.15, -0.1) is 0 Å². The summed E-state index contributed by atoms with van der Waals surface area (Å²) in [4.78, 5) is 8.40. The number of aryl methyl sites for hydroxylation is 2. The molecule has 0 atom stereocenters. The highest BCUT2D eigenvalue weighted by Crippen LogP contribution is 2.27. The molecule has 2 heterocycles. The van der Waals surface area contributed by atoms with Crippen molar-refractivity contribution in [1.29, 1.82) is 5.41 Å². The van der Waals surface area contributed by atoms with Crippen molar-refractivity contribution in [3.63, 3.8) is 0 Å². The van der Waals surface area contributed by atoms with Crippen molar-refractivity contribution >= 4 is 17.6 Å². The molecule has 0 aromatic carbocycles. The van der Waals surface area contributed by atoms with Crippen LogP contribution in [0.1, 0.15) is 16.8 Å². The second-order valence-electron chi connectivity index (χ2n) is 3.57. The van der Waals surface area contributed by atoms with E-state index in [1.54, 1.807) is 0 Å². The number of nitrogens with zero attached hydrogens (tertiary/aromatic N) is 3. The molecule has 2 aromatic rings. The average molecular weight is 248 g/mol. The number of hydrogen-bond donors (Lipinski definition) is 3. The molecule has 0 aliphatic rings. The Hall–Kier alpha value is -1.89. The Balaban J connectivity index is 2.47. The van der Waals surface area contributed by atoms with Crippen molar-refractivity contribution in [2.24, 2.45) is 5.73 Å². The first-order valence-corrected chi connectivity index (χ1v) is 5.75. The highest BCUT2D eigenvalue weighted by molar-refractivity contribution is 7.99. The number of nitrogens with two attached hydrogens (primary N) is 1. The quantitative estimate of drug-likeness (QED) is 0.560. The smallest absolute Gasteiger partial charge is 0.189 e. The zero-order valence-electron chi connectivity index (χ0n) is 9.48. The minimum atomic E-state index is 0.0111. The molecule has 0 unspecified atom stereocenters. The summed E-state index contributed by atoms with van der Waals surface area (Å²) < 4.78 is 0. The minimum Gasteiger partial charge on any atom is -0.384 e. The molecule has 17 heavy (non-hydrogen) atoms. The van der Waals surface area contributed by atoms with Gasteiger partial charge in [0.05, 0.1) is 5.56 Å². The SMILES string of the molecule is Cc1cc(C)c(C(=N)N)c(Sc2ncn[nH]2)n1. The fourth-order valence-electron chi connectivity index (χ4n) is 1.54. The summed E-state index contributed by atoms with van der Waals surface area (Å²) in [5, 5.41) is 15.4. The van der Waals surface area contributed by atoms with Gasteiger partial charge in [0.2, 0.25) is 0 Å². The molecule has 0 saturated carbocycles. The summed E-state index contributed by atoms with van der Waals surface area (Å²) >= 11 is 1.32. The minimum absolute atomic E-state index is 0.0111. The van der Waals surface area contributed by atoms with Crippen LogP contribution < -0.4 is 5.73 Å². The van der Waals surface area contributed by atoms with Crippen molar-refractivity contribution in [3.05, 3.63) is 29.2 Å². The van der Waals surface area contributed by atoms with Gasteiger partial charge in [-0.3, -0.25) is 10.5 Å². The van der Waals surface area contributed by atoms with Gasteiger partial charge in [-0.05, 0) is 37.2 Å². The van der Waals surface area contributed by atoms with E-state index < -0.39 is 0 Å². The fourth-order valence-corrected chi connectivity index (χ4v) is 2.48. The molecule has 0 spiro atoms. The van der Waals surface area contributed by atoms with Gasteiger partial charge < -0.3 is 5.73 Å². The fraction of sp³-hybridized carbons (Fsp3) is 0.200. The molecule has 0 aliphatic heterocycles. The predicted octanol–water partition coefficient (Wildman–Crippen LogP) is 1.25. The van der Waals surface area contributed by atoms with Crippen LogP contribution in [0.3, 0.4) is 0 Å². The summed E-state index contributed by atoms with van der Waals surface area (Å²) in [5.74, 6) is 0.0111. The van der Waals surface area contributed by atoms with Crippen molar-refractivity contribution < 1.29 is 0 Å². The number of pyridine rings is 1. The molecule has 0 radical (unpaired) electrons. The highest BCUT2D eigenvalue weighted by Gasteiger charge is 2.14. The van der Waals surface area contributed by atoms with Crippen molar-refractivity contribution in [2.75, 3.05) is 0 Å². The van der Waals surface area contributed by atoms with Gasteiger partial charge in [-0.25, -0.2) is 9.97 Å². The third kappa shape index (κ3) is 2.44. The maximum Gasteiger partial charge on any atom is 0.189 e. The number of hydrogen-bond acceptors (Lipinski definition) is 5. The van der Waals surface area contributed by atoms with Crippen molar-refractivity contribution in [1.82, 2.24) is 20.2 Å². The molecule has 7 heteroatoms. The Kier molecular flexibility index (Phi) is 3.10. The second-order valence-corrected chi connectivity index (χ2v) is 4.54. The third-order valence-corrected chi connectivity index (χ3v) is 3.05. The van der Waals surface area contributed by atoms with Crippen LogP contribution in [0, 0.1) is 19.3 Å². The first kappa shape index (κ1) is 11.6. The van der Waals surface area contributed by atoms with Crippen LogP contribution in [0.5, 0.6) is 0 Å². The summed E-state index contributed by atoms with van der Waals surface area (Å²) in [5.41, 5.74) is 8.05. The Morgan fingerprint density at radius 1 is 1.47 bits per heavy atom. The number of rotatable bonds is 3. The van der Waals surface area contributed by atoms with E-state index in [1.807, 2.05) is 19.9 Å². The Labute approximate surface area is 103 Å². The van der Waals surface area contributed by atoms with Crippen LogP contribution in [0.15, 0.2) is 22.6 Å². The zero-order chi connectivity index (χ0) is 12.4. The maximum absolute atomic E-state index is 7.59. The molecule has 0 bridgehead atoms. The molecular weight excluding hydrogens is 236 g/mol. The van der Waals surface area contributed by atoms with E-state index in [0.29, 0.717) is 15.7 Å². The third-order valence-electron chi connectivity index (χ3n) is 2.17. The molecule has 2 aromatic heterocycles. The number of H-pyrrole nitrogens is 1. The van der Waals surface area contributed by atoms with Gasteiger partial charge in [-0.2, -0.15) is 5.10 Å². The monoisotopic (exact) mass is 248 g/mol. The molecular formula is C10H12N6S. The number of nitrogen functional groups attached to an aromatic ring is 1. The van der Waals surface area contributed by atoms with Crippen LogP contribution >= 0.6 is 11.8 Å². The number of amidine groups is 1. The predicted molar refractivity (Wildman–Crippen MR) is 65.2 cm³/mol. The maximum atomic E-state index is 7.59. The Morgan fingerprint density at radius 3 is 2.82 bits per heavy atom. The molecule has 0 amide bonds. The van der Waals surface area contributed by atoms with E-state index in [9.17, 15) is 0 Å². The molecule has 88 valence electrons. The van der Waals surface area contributed by atoms with Gasteiger partial charge in [-0.1, -0.05) is 0 Å². The van der Waals surface area contributed by atoms with Crippen molar-refractivity contribution in [2.45, 2.75) is 24.0 Å². The average Bonchev–Trinajstić information content (AvgIpc) is 2.68. The van der Waals surface area contributed by atoms with E-state index in [0.717, 1.165) is 11.3 Å². The van der Waals surface area contributed by atoms with E-state index >= 15 is 0 Å². The van der Waals surface area contributed by atoms with Crippen LogP contribution in [0.25, 0.3) is 0 Å².